The molecule has 0 aromatic rings. The lowest BCUT2D eigenvalue weighted by Crippen LogP contribution is -2.49. The normalized spacial score (nSPS) is 25.8. The molecule has 2 fully saturated rings. The Morgan fingerprint density at radius 2 is 1.37 bits per heavy atom. The molecule has 0 aromatic heterocycles. The lowest BCUT2D eigenvalue weighted by molar-refractivity contribution is 0.163. The van der Waals surface area contributed by atoms with Gasteiger partial charge in [-0.25, -0.2) is 0 Å². The third kappa shape index (κ3) is 3.48. The van der Waals surface area contributed by atoms with Crippen LogP contribution >= 0.6 is 0 Å². The van der Waals surface area contributed by atoms with Crippen LogP contribution in [0.25, 0.3) is 0 Å². The standard InChI is InChI=1S/C13H26N2O3S/c1-2-12-3-7-14(8-4-12)19(17,18)15-9-5-13(11-16)6-10-15/h12-13,16H,2-11H2,1H3. The SMILES string of the molecule is CCC1CCN(S(=O)(=O)N2CCC(CO)CC2)CC1. The maximum Gasteiger partial charge on any atom is 0.281 e. The summed E-state index contributed by atoms with van der Waals surface area (Å²) in [6.45, 7) is 4.80. The molecule has 2 aliphatic rings. The average Bonchev–Trinajstić information content (AvgIpc) is 2.47. The Bertz CT molecular complexity index is 339. The monoisotopic (exact) mass is 290 g/mol. The fourth-order valence-corrected chi connectivity index (χ4v) is 4.71. The van der Waals surface area contributed by atoms with Gasteiger partial charge in [0.25, 0.3) is 10.2 Å². The molecular weight excluding hydrogens is 264 g/mol. The van der Waals surface area contributed by atoms with Crippen LogP contribution < -0.4 is 0 Å². The first-order valence-electron chi connectivity index (χ1n) is 7.44. The molecule has 0 unspecified atom stereocenters. The molecule has 2 heterocycles. The van der Waals surface area contributed by atoms with Gasteiger partial charge >= 0.3 is 0 Å². The van der Waals surface area contributed by atoms with Crippen LogP contribution in [0.1, 0.15) is 39.0 Å². The van der Waals surface area contributed by atoms with E-state index in [1.807, 2.05) is 0 Å². The topological polar surface area (TPSA) is 60.9 Å². The van der Waals surface area contributed by atoms with Gasteiger partial charge < -0.3 is 5.11 Å². The van der Waals surface area contributed by atoms with E-state index in [0.29, 0.717) is 32.1 Å². The molecule has 112 valence electrons. The largest absolute Gasteiger partial charge is 0.396 e. The first-order chi connectivity index (χ1) is 9.07. The lowest BCUT2D eigenvalue weighted by Gasteiger charge is -2.37. The molecule has 0 amide bonds. The van der Waals surface area contributed by atoms with Crippen molar-refractivity contribution in [2.45, 2.75) is 39.0 Å². The summed E-state index contributed by atoms with van der Waals surface area (Å²) in [6.07, 6.45) is 4.68. The molecule has 6 heteroatoms. The maximum absolute atomic E-state index is 12.5. The molecule has 0 spiro atoms. The van der Waals surface area contributed by atoms with Crippen molar-refractivity contribution in [3.05, 3.63) is 0 Å². The zero-order valence-corrected chi connectivity index (χ0v) is 12.6. The first kappa shape index (κ1) is 15.2. The van der Waals surface area contributed by atoms with E-state index in [4.69, 9.17) is 5.11 Å². The number of hydrogen-bond acceptors (Lipinski definition) is 3. The van der Waals surface area contributed by atoms with Crippen LogP contribution in [0.5, 0.6) is 0 Å². The van der Waals surface area contributed by atoms with Gasteiger partial charge in [0.05, 0.1) is 0 Å². The highest BCUT2D eigenvalue weighted by molar-refractivity contribution is 7.86. The number of aliphatic hydroxyl groups is 1. The number of nitrogens with zero attached hydrogens (tertiary/aromatic N) is 2. The van der Waals surface area contributed by atoms with Gasteiger partial charge in [0.1, 0.15) is 0 Å². The van der Waals surface area contributed by atoms with E-state index in [1.165, 1.54) is 0 Å². The third-order valence-electron chi connectivity index (χ3n) is 4.64. The van der Waals surface area contributed by atoms with Crippen molar-refractivity contribution in [1.29, 1.82) is 0 Å². The van der Waals surface area contributed by atoms with Crippen molar-refractivity contribution in [3.63, 3.8) is 0 Å². The molecule has 5 nitrogen and oxygen atoms in total. The minimum Gasteiger partial charge on any atom is -0.396 e. The van der Waals surface area contributed by atoms with E-state index in [0.717, 1.165) is 32.1 Å². The van der Waals surface area contributed by atoms with E-state index in [1.54, 1.807) is 8.61 Å². The molecule has 0 radical (unpaired) electrons. The van der Waals surface area contributed by atoms with Crippen LogP contribution in [-0.4, -0.2) is 54.9 Å². The summed E-state index contributed by atoms with van der Waals surface area (Å²) in [4.78, 5) is 0. The van der Waals surface area contributed by atoms with Gasteiger partial charge in [0.2, 0.25) is 0 Å². The quantitative estimate of drug-likeness (QED) is 0.842. The smallest absolute Gasteiger partial charge is 0.281 e. The molecule has 2 rings (SSSR count). The Balaban J connectivity index is 1.92. The Morgan fingerprint density at radius 3 is 1.74 bits per heavy atom. The minimum atomic E-state index is -3.26. The molecule has 0 atom stereocenters. The van der Waals surface area contributed by atoms with E-state index in [9.17, 15) is 8.42 Å². The molecule has 0 aromatic carbocycles. The maximum atomic E-state index is 12.5. The molecule has 0 bridgehead atoms. The fraction of sp³-hybridized carbons (Fsp3) is 1.00. The first-order valence-corrected chi connectivity index (χ1v) is 8.83. The van der Waals surface area contributed by atoms with Crippen LogP contribution in [0, 0.1) is 11.8 Å². The minimum absolute atomic E-state index is 0.176. The summed E-state index contributed by atoms with van der Waals surface area (Å²) in [6, 6.07) is 0. The van der Waals surface area contributed by atoms with E-state index >= 15 is 0 Å². The highest BCUT2D eigenvalue weighted by Gasteiger charge is 2.34. The van der Waals surface area contributed by atoms with Gasteiger partial charge in [-0.2, -0.15) is 17.0 Å². The third-order valence-corrected chi connectivity index (χ3v) is 6.67. The van der Waals surface area contributed by atoms with Crippen LogP contribution in [0.15, 0.2) is 0 Å². The highest BCUT2D eigenvalue weighted by Crippen LogP contribution is 2.26. The fourth-order valence-electron chi connectivity index (χ4n) is 3.03. The van der Waals surface area contributed by atoms with Crippen molar-refractivity contribution >= 4 is 10.2 Å². The Labute approximate surface area is 116 Å². The second-order valence-corrected chi connectivity index (χ2v) is 7.71. The zero-order chi connectivity index (χ0) is 13.9. The van der Waals surface area contributed by atoms with Gasteiger partial charge in [0.15, 0.2) is 0 Å². The number of hydrogen-bond donors (Lipinski definition) is 1. The Kier molecular flexibility index (Phi) is 5.22. The molecule has 1 N–H and O–H groups in total. The molecule has 0 aliphatic carbocycles. The number of piperidine rings is 2. The zero-order valence-electron chi connectivity index (χ0n) is 11.8. The van der Waals surface area contributed by atoms with E-state index in [2.05, 4.69) is 6.92 Å². The van der Waals surface area contributed by atoms with Crippen LogP contribution in [0.3, 0.4) is 0 Å². The van der Waals surface area contributed by atoms with Gasteiger partial charge in [-0.15, -0.1) is 0 Å². The predicted octanol–water partition coefficient (Wildman–Crippen LogP) is 1.06. The summed E-state index contributed by atoms with van der Waals surface area (Å²) < 4.78 is 28.3. The second-order valence-electron chi connectivity index (χ2n) is 5.78. The predicted molar refractivity (Wildman–Crippen MR) is 74.9 cm³/mol. The summed E-state index contributed by atoms with van der Waals surface area (Å²) in [5.41, 5.74) is 0. The van der Waals surface area contributed by atoms with Gasteiger partial charge in [-0.3, -0.25) is 0 Å². The van der Waals surface area contributed by atoms with Crippen LogP contribution in [0.2, 0.25) is 0 Å². The number of rotatable bonds is 4. The van der Waals surface area contributed by atoms with Crippen molar-refractivity contribution in [1.82, 2.24) is 8.61 Å². The van der Waals surface area contributed by atoms with Gasteiger partial charge in [0, 0.05) is 32.8 Å². The Morgan fingerprint density at radius 1 is 0.947 bits per heavy atom. The molecule has 0 saturated carbocycles. The van der Waals surface area contributed by atoms with E-state index < -0.39 is 10.2 Å². The Hall–Kier alpha value is -0.170. The summed E-state index contributed by atoms with van der Waals surface area (Å²) in [5.74, 6) is 0.962. The summed E-state index contributed by atoms with van der Waals surface area (Å²) in [7, 11) is -3.26. The van der Waals surface area contributed by atoms with Crippen molar-refractivity contribution < 1.29 is 13.5 Å². The summed E-state index contributed by atoms with van der Waals surface area (Å²) >= 11 is 0. The van der Waals surface area contributed by atoms with Crippen molar-refractivity contribution in [2.75, 3.05) is 32.8 Å². The molecule has 2 saturated heterocycles. The van der Waals surface area contributed by atoms with Crippen molar-refractivity contribution in [3.8, 4) is 0 Å². The molecular formula is C13H26N2O3S. The average molecular weight is 290 g/mol. The molecule has 19 heavy (non-hydrogen) atoms. The van der Waals surface area contributed by atoms with Crippen LogP contribution in [0.4, 0.5) is 0 Å². The van der Waals surface area contributed by atoms with Gasteiger partial charge in [-0.1, -0.05) is 13.3 Å². The molecule has 2 aliphatic heterocycles. The highest BCUT2D eigenvalue weighted by atomic mass is 32.2. The van der Waals surface area contributed by atoms with Gasteiger partial charge in [-0.05, 0) is 37.5 Å². The summed E-state index contributed by atoms with van der Waals surface area (Å²) in [5, 5.41) is 9.11. The lowest BCUT2D eigenvalue weighted by atomic mass is 9.96. The second kappa shape index (κ2) is 6.52. The van der Waals surface area contributed by atoms with E-state index in [-0.39, 0.29) is 12.5 Å². The van der Waals surface area contributed by atoms with Crippen LogP contribution in [-0.2, 0) is 10.2 Å². The van der Waals surface area contributed by atoms with Crippen molar-refractivity contribution in [2.24, 2.45) is 11.8 Å². The number of aliphatic hydroxyl groups excluding tert-OH is 1.